The smallest absolute Gasteiger partial charge is 0.338 e. The van der Waals surface area contributed by atoms with E-state index in [2.05, 4.69) is 15.6 Å². The number of aliphatic hydroxyl groups excluding tert-OH is 1. The molecule has 2 amide bonds. The van der Waals surface area contributed by atoms with E-state index in [-0.39, 0.29) is 30.9 Å². The number of thioether (sulfide) groups is 1. The monoisotopic (exact) mass is 747 g/mol. The SMILES string of the molecule is COC(=O)[C@H](Cc1ccccc1)NC(=O)NCc1cccc(-c2ccc([C@H]3O[C@@H](CSc4ncccc4C(=O)O)C[C@@H](c4ccc(CO)cc4)O3)cc2)c1. The summed E-state index contributed by atoms with van der Waals surface area (Å²) in [7, 11) is 1.30. The molecule has 1 fully saturated rings. The molecule has 2 heterocycles. The number of nitrogens with one attached hydrogen (secondary N) is 2. The molecule has 5 aromatic rings. The number of rotatable bonds is 14. The zero-order valence-electron chi connectivity index (χ0n) is 29.6. The number of hydrogen-bond acceptors (Lipinski definition) is 9. The van der Waals surface area contributed by atoms with Gasteiger partial charge in [0.15, 0.2) is 6.29 Å². The van der Waals surface area contributed by atoms with Crippen LogP contribution in [0.25, 0.3) is 11.1 Å². The first-order valence-electron chi connectivity index (χ1n) is 17.5. The number of pyridine rings is 1. The maximum absolute atomic E-state index is 12.8. The standard InChI is InChI=1S/C42H41N3O8S/c1-51-40(49)36(22-27-7-3-2-4-8-27)45-42(50)44-24-29-9-5-10-33(21-29)30-16-18-32(19-17-30)41-52-34(26-54-38-35(39(47)48)11-6-20-43-38)23-37(53-41)31-14-12-28(25-46)13-15-31/h2-21,34,36-37,41,46H,22-26H2,1H3,(H,47,48)(H2,44,45,50)/t34-,36+,37+,41+/m1/s1. The Morgan fingerprint density at radius 2 is 1.59 bits per heavy atom. The van der Waals surface area contributed by atoms with Crippen molar-refractivity contribution in [2.45, 2.75) is 55.6 Å². The summed E-state index contributed by atoms with van der Waals surface area (Å²) in [6.07, 6.45) is 1.17. The van der Waals surface area contributed by atoms with Gasteiger partial charge in [-0.25, -0.2) is 19.4 Å². The minimum Gasteiger partial charge on any atom is -0.478 e. The largest absolute Gasteiger partial charge is 0.478 e. The Hall–Kier alpha value is -5.53. The third-order valence-electron chi connectivity index (χ3n) is 8.99. The van der Waals surface area contributed by atoms with E-state index in [0.29, 0.717) is 23.6 Å². The second-order valence-electron chi connectivity index (χ2n) is 12.7. The number of aromatic carboxylic acids is 1. The average molecular weight is 748 g/mol. The van der Waals surface area contributed by atoms with Gasteiger partial charge in [-0.15, -0.1) is 11.8 Å². The summed E-state index contributed by atoms with van der Waals surface area (Å²) in [6, 6.07) is 34.6. The van der Waals surface area contributed by atoms with Crippen LogP contribution in [-0.2, 0) is 38.6 Å². The quantitative estimate of drug-likeness (QED) is 0.0699. The van der Waals surface area contributed by atoms with Gasteiger partial charge in [0.25, 0.3) is 0 Å². The lowest BCUT2D eigenvalue weighted by Crippen LogP contribution is -2.47. The zero-order chi connectivity index (χ0) is 37.9. The van der Waals surface area contributed by atoms with Crippen molar-refractivity contribution < 1.29 is 38.8 Å². The average Bonchev–Trinajstić information content (AvgIpc) is 3.22. The molecule has 11 nitrogen and oxygen atoms in total. The van der Waals surface area contributed by atoms with Crippen molar-refractivity contribution >= 4 is 29.7 Å². The van der Waals surface area contributed by atoms with Gasteiger partial charge < -0.3 is 35.1 Å². The molecule has 0 radical (unpaired) electrons. The van der Waals surface area contributed by atoms with Gasteiger partial charge >= 0.3 is 18.0 Å². The molecule has 4 aromatic carbocycles. The van der Waals surface area contributed by atoms with Gasteiger partial charge in [0.2, 0.25) is 0 Å². The van der Waals surface area contributed by atoms with Crippen molar-refractivity contribution in [2.24, 2.45) is 0 Å². The number of carbonyl (C=O) groups is 3. The van der Waals surface area contributed by atoms with Gasteiger partial charge in [-0.1, -0.05) is 97.1 Å². The number of nitrogens with zero attached hydrogens (tertiary/aromatic N) is 1. The van der Waals surface area contributed by atoms with Crippen LogP contribution in [0, 0.1) is 0 Å². The van der Waals surface area contributed by atoms with Gasteiger partial charge in [0, 0.05) is 36.9 Å². The molecule has 0 aliphatic carbocycles. The van der Waals surface area contributed by atoms with Crippen molar-refractivity contribution in [3.8, 4) is 11.1 Å². The van der Waals surface area contributed by atoms with E-state index in [9.17, 15) is 24.6 Å². The summed E-state index contributed by atoms with van der Waals surface area (Å²) >= 11 is 1.34. The molecule has 0 spiro atoms. The zero-order valence-corrected chi connectivity index (χ0v) is 30.4. The molecular formula is C42H41N3O8S. The lowest BCUT2D eigenvalue weighted by molar-refractivity contribution is -0.245. The summed E-state index contributed by atoms with van der Waals surface area (Å²) in [5, 5.41) is 25.2. The predicted octanol–water partition coefficient (Wildman–Crippen LogP) is 6.86. The van der Waals surface area contributed by atoms with Crippen molar-refractivity contribution in [3.63, 3.8) is 0 Å². The third-order valence-corrected chi connectivity index (χ3v) is 10.1. The highest BCUT2D eigenvalue weighted by atomic mass is 32.2. The lowest BCUT2D eigenvalue weighted by Gasteiger charge is -2.36. The summed E-state index contributed by atoms with van der Waals surface area (Å²) in [6.45, 7) is 0.188. The molecule has 12 heteroatoms. The molecule has 4 atom stereocenters. The number of carbonyl (C=O) groups excluding carboxylic acids is 2. The number of carboxylic acid groups (broad SMARTS) is 1. The van der Waals surface area contributed by atoms with Crippen molar-refractivity contribution in [3.05, 3.63) is 155 Å². The predicted molar refractivity (Wildman–Crippen MR) is 204 cm³/mol. The number of ether oxygens (including phenoxy) is 3. The Balaban J connectivity index is 1.12. The molecule has 4 N–H and O–H groups in total. The second kappa shape index (κ2) is 18.5. The molecule has 1 saturated heterocycles. The number of amides is 2. The minimum absolute atomic E-state index is 0.0550. The molecule has 6 rings (SSSR count). The van der Waals surface area contributed by atoms with Crippen LogP contribution in [0.4, 0.5) is 4.79 Å². The highest BCUT2D eigenvalue weighted by Gasteiger charge is 2.33. The Bertz CT molecular complexity index is 2030. The Morgan fingerprint density at radius 3 is 2.31 bits per heavy atom. The third kappa shape index (κ3) is 10.1. The summed E-state index contributed by atoms with van der Waals surface area (Å²) in [4.78, 5) is 41.2. The minimum atomic E-state index is -1.03. The first-order chi connectivity index (χ1) is 26.3. The van der Waals surface area contributed by atoms with Gasteiger partial charge in [0.05, 0.1) is 31.5 Å². The molecule has 54 heavy (non-hydrogen) atoms. The van der Waals surface area contributed by atoms with Gasteiger partial charge in [-0.05, 0) is 51.6 Å². The summed E-state index contributed by atoms with van der Waals surface area (Å²) < 4.78 is 17.9. The first-order valence-corrected chi connectivity index (χ1v) is 18.4. The molecule has 0 saturated carbocycles. The molecular weight excluding hydrogens is 707 g/mol. The number of carboxylic acids is 1. The Morgan fingerprint density at radius 1 is 0.852 bits per heavy atom. The number of benzene rings is 4. The van der Waals surface area contributed by atoms with E-state index in [4.69, 9.17) is 14.2 Å². The maximum Gasteiger partial charge on any atom is 0.338 e. The maximum atomic E-state index is 12.8. The van der Waals surface area contributed by atoms with Crippen LogP contribution >= 0.6 is 11.8 Å². The van der Waals surface area contributed by atoms with Crippen molar-refractivity contribution in [2.75, 3.05) is 12.9 Å². The molecule has 1 aromatic heterocycles. The molecule has 0 bridgehead atoms. The fraction of sp³-hybridized carbons (Fsp3) is 0.238. The molecule has 0 unspecified atom stereocenters. The van der Waals surface area contributed by atoms with Gasteiger partial charge in [-0.2, -0.15) is 0 Å². The number of methoxy groups -OCH3 is 1. The van der Waals surface area contributed by atoms with Gasteiger partial charge in [0.1, 0.15) is 11.1 Å². The van der Waals surface area contributed by atoms with E-state index in [1.807, 2.05) is 103 Å². The fourth-order valence-corrected chi connectivity index (χ4v) is 7.14. The number of hydrogen-bond donors (Lipinski definition) is 4. The molecule has 1 aliphatic heterocycles. The second-order valence-corrected chi connectivity index (χ2v) is 13.7. The Labute approximate surface area is 317 Å². The normalized spacial score (nSPS) is 17.3. The van der Waals surface area contributed by atoms with Crippen molar-refractivity contribution in [1.29, 1.82) is 0 Å². The lowest BCUT2D eigenvalue weighted by atomic mass is 9.99. The first kappa shape index (κ1) is 38.2. The van der Waals surface area contributed by atoms with Crippen LogP contribution < -0.4 is 10.6 Å². The van der Waals surface area contributed by atoms with E-state index in [1.54, 1.807) is 12.3 Å². The highest BCUT2D eigenvalue weighted by Crippen LogP contribution is 2.40. The molecule has 1 aliphatic rings. The van der Waals surface area contributed by atoms with E-state index < -0.39 is 30.3 Å². The summed E-state index contributed by atoms with van der Waals surface area (Å²) in [5.41, 5.74) is 6.39. The van der Waals surface area contributed by atoms with Crippen LogP contribution in [0.3, 0.4) is 0 Å². The van der Waals surface area contributed by atoms with Crippen molar-refractivity contribution in [1.82, 2.24) is 15.6 Å². The fourth-order valence-electron chi connectivity index (χ4n) is 6.13. The Kier molecular flexibility index (Phi) is 13.1. The van der Waals surface area contributed by atoms with E-state index in [0.717, 1.165) is 38.9 Å². The topological polar surface area (TPSA) is 156 Å². The van der Waals surface area contributed by atoms with Crippen LogP contribution in [0.2, 0.25) is 0 Å². The van der Waals surface area contributed by atoms with E-state index in [1.165, 1.54) is 24.9 Å². The van der Waals surface area contributed by atoms with Crippen LogP contribution in [-0.4, -0.2) is 58.2 Å². The van der Waals surface area contributed by atoms with Crippen LogP contribution in [0.5, 0.6) is 0 Å². The number of aromatic nitrogens is 1. The number of aliphatic hydroxyl groups is 1. The number of urea groups is 1. The van der Waals surface area contributed by atoms with Gasteiger partial charge in [-0.3, -0.25) is 0 Å². The highest BCUT2D eigenvalue weighted by molar-refractivity contribution is 7.99. The number of esters is 1. The summed E-state index contributed by atoms with van der Waals surface area (Å²) in [5.74, 6) is -1.09. The van der Waals surface area contributed by atoms with E-state index >= 15 is 0 Å². The molecule has 278 valence electrons. The van der Waals surface area contributed by atoms with Crippen LogP contribution in [0.15, 0.2) is 126 Å². The van der Waals surface area contributed by atoms with Crippen LogP contribution in [0.1, 0.15) is 57.0 Å².